The van der Waals surface area contributed by atoms with Crippen LogP contribution in [0.25, 0.3) is 0 Å². The minimum Gasteiger partial charge on any atom is -0.307 e. The highest BCUT2D eigenvalue weighted by atomic mass is 32.2. The van der Waals surface area contributed by atoms with Gasteiger partial charge in [0.2, 0.25) is 10.0 Å². The first-order chi connectivity index (χ1) is 12.5. The second-order valence-electron chi connectivity index (χ2n) is 6.23. The van der Waals surface area contributed by atoms with E-state index in [-0.39, 0.29) is 12.1 Å². The minimum atomic E-state index is -4.62. The molecule has 0 spiro atoms. The van der Waals surface area contributed by atoms with Crippen molar-refractivity contribution in [3.05, 3.63) is 63.6 Å². The molecule has 3 rings (SSSR count). The number of Topliss-reactive ketones (excluding diaryl/α,β-unsaturated/α-hetero) is 1. The van der Waals surface area contributed by atoms with E-state index in [0.717, 1.165) is 12.3 Å². The molecule has 10 heteroatoms. The van der Waals surface area contributed by atoms with E-state index in [9.17, 15) is 31.2 Å². The number of alkyl halides is 3. The fourth-order valence-corrected chi connectivity index (χ4v) is 3.92. The SMILES string of the molecule is CS(=O)(=O)N1CCc2cc(C(=O)Cn3cc(C(F)(F)F)ccc3=O)ccc21. The summed E-state index contributed by atoms with van der Waals surface area (Å²) in [5, 5.41) is 0. The quantitative estimate of drug-likeness (QED) is 0.737. The van der Waals surface area contributed by atoms with Crippen molar-refractivity contribution in [1.82, 2.24) is 4.57 Å². The fourth-order valence-electron chi connectivity index (χ4n) is 2.96. The number of carbonyl (C=O) groups is 1. The van der Waals surface area contributed by atoms with Crippen molar-refractivity contribution in [1.29, 1.82) is 0 Å². The molecule has 1 aromatic heterocycles. The number of nitrogens with zero attached hydrogens (tertiary/aromatic N) is 2. The van der Waals surface area contributed by atoms with Crippen LogP contribution >= 0.6 is 0 Å². The zero-order valence-electron chi connectivity index (χ0n) is 14.2. The standard InChI is InChI=1S/C17H15F3N2O4S/c1-27(25,26)22-7-6-11-8-12(2-4-14(11)22)15(23)10-21-9-13(17(18,19)20)3-5-16(21)24/h2-5,8-9H,6-7,10H2,1H3. The summed E-state index contributed by atoms with van der Waals surface area (Å²) in [5.41, 5.74) is -0.408. The first kappa shape index (κ1) is 19.2. The van der Waals surface area contributed by atoms with Crippen molar-refractivity contribution in [2.75, 3.05) is 17.1 Å². The lowest BCUT2D eigenvalue weighted by Crippen LogP contribution is -2.27. The van der Waals surface area contributed by atoms with E-state index < -0.39 is 39.7 Å². The number of sulfonamides is 1. The van der Waals surface area contributed by atoms with Crippen molar-refractivity contribution in [2.45, 2.75) is 19.1 Å². The van der Waals surface area contributed by atoms with Gasteiger partial charge in [0, 0.05) is 24.4 Å². The molecule has 0 N–H and O–H groups in total. The summed E-state index contributed by atoms with van der Waals surface area (Å²) in [6.45, 7) is -0.282. The minimum absolute atomic E-state index is 0.202. The maximum atomic E-state index is 12.8. The molecule has 0 unspecified atom stereocenters. The summed E-state index contributed by atoms with van der Waals surface area (Å²) in [5.74, 6) is -0.544. The summed E-state index contributed by atoms with van der Waals surface area (Å²) in [7, 11) is -3.43. The van der Waals surface area contributed by atoms with Crippen molar-refractivity contribution in [2.24, 2.45) is 0 Å². The van der Waals surface area contributed by atoms with Crippen LogP contribution in [0.15, 0.2) is 41.3 Å². The number of aromatic nitrogens is 1. The number of anilines is 1. The van der Waals surface area contributed by atoms with Gasteiger partial charge in [-0.15, -0.1) is 0 Å². The number of rotatable bonds is 4. The number of carbonyl (C=O) groups excluding carboxylic acids is 1. The summed E-state index contributed by atoms with van der Waals surface area (Å²) in [6, 6.07) is 5.84. The van der Waals surface area contributed by atoms with Crippen molar-refractivity contribution < 1.29 is 26.4 Å². The van der Waals surface area contributed by atoms with E-state index in [4.69, 9.17) is 0 Å². The molecular formula is C17H15F3N2O4S. The predicted octanol–water partition coefficient (Wildman–Crippen LogP) is 2.07. The smallest absolute Gasteiger partial charge is 0.307 e. The van der Waals surface area contributed by atoms with Gasteiger partial charge in [0.15, 0.2) is 5.78 Å². The Balaban J connectivity index is 1.88. The number of pyridine rings is 1. The highest BCUT2D eigenvalue weighted by Crippen LogP contribution is 2.31. The lowest BCUT2D eigenvalue weighted by molar-refractivity contribution is -0.138. The normalized spacial score (nSPS) is 14.3. The van der Waals surface area contributed by atoms with E-state index in [1.54, 1.807) is 0 Å². The Labute approximate surface area is 152 Å². The third-order valence-corrected chi connectivity index (χ3v) is 5.46. The maximum Gasteiger partial charge on any atom is 0.417 e. The van der Waals surface area contributed by atoms with Crippen LogP contribution in [0.1, 0.15) is 21.5 Å². The topological polar surface area (TPSA) is 76.5 Å². The van der Waals surface area contributed by atoms with Gasteiger partial charge in [0.25, 0.3) is 5.56 Å². The van der Waals surface area contributed by atoms with Crippen LogP contribution in [0, 0.1) is 0 Å². The van der Waals surface area contributed by atoms with Crippen LogP contribution in [0.5, 0.6) is 0 Å². The highest BCUT2D eigenvalue weighted by molar-refractivity contribution is 7.92. The van der Waals surface area contributed by atoms with Crippen LogP contribution in [0.4, 0.5) is 18.9 Å². The van der Waals surface area contributed by atoms with E-state index in [1.165, 1.54) is 22.5 Å². The maximum absolute atomic E-state index is 12.8. The van der Waals surface area contributed by atoms with Crippen LogP contribution in [-0.4, -0.2) is 31.6 Å². The lowest BCUT2D eigenvalue weighted by atomic mass is 10.1. The number of hydrogen-bond acceptors (Lipinski definition) is 4. The van der Waals surface area contributed by atoms with Crippen molar-refractivity contribution >= 4 is 21.5 Å². The zero-order valence-corrected chi connectivity index (χ0v) is 15.0. The fraction of sp³-hybridized carbons (Fsp3) is 0.294. The zero-order chi connectivity index (χ0) is 20.0. The first-order valence-electron chi connectivity index (χ1n) is 7.88. The Morgan fingerprint density at radius 3 is 2.52 bits per heavy atom. The Hall–Kier alpha value is -2.62. The molecule has 0 saturated heterocycles. The second kappa shape index (κ2) is 6.52. The summed E-state index contributed by atoms with van der Waals surface area (Å²) >= 11 is 0. The number of halogens is 3. The Bertz CT molecular complexity index is 1070. The Morgan fingerprint density at radius 1 is 1.19 bits per heavy atom. The number of benzene rings is 1. The Kier molecular flexibility index (Phi) is 4.62. The molecule has 144 valence electrons. The summed E-state index contributed by atoms with van der Waals surface area (Å²) < 4.78 is 63.8. The highest BCUT2D eigenvalue weighted by Gasteiger charge is 2.31. The van der Waals surface area contributed by atoms with E-state index in [2.05, 4.69) is 0 Å². The molecule has 1 aliphatic heterocycles. The van der Waals surface area contributed by atoms with E-state index in [0.29, 0.717) is 34.5 Å². The molecule has 2 aromatic rings. The Morgan fingerprint density at radius 2 is 1.89 bits per heavy atom. The number of hydrogen-bond donors (Lipinski definition) is 0. The molecule has 2 heterocycles. The van der Waals surface area contributed by atoms with Crippen LogP contribution in [0.3, 0.4) is 0 Å². The third kappa shape index (κ3) is 3.90. The van der Waals surface area contributed by atoms with Gasteiger partial charge in [0.05, 0.1) is 24.1 Å². The second-order valence-corrected chi connectivity index (χ2v) is 8.14. The predicted molar refractivity (Wildman–Crippen MR) is 92.4 cm³/mol. The average Bonchev–Trinajstić information content (AvgIpc) is 2.99. The van der Waals surface area contributed by atoms with Crippen molar-refractivity contribution in [3.63, 3.8) is 0 Å². The number of ketones is 1. The van der Waals surface area contributed by atoms with Gasteiger partial charge in [-0.25, -0.2) is 8.42 Å². The van der Waals surface area contributed by atoms with Crippen molar-refractivity contribution in [3.8, 4) is 0 Å². The largest absolute Gasteiger partial charge is 0.417 e. The molecule has 6 nitrogen and oxygen atoms in total. The molecule has 0 amide bonds. The van der Waals surface area contributed by atoms with Crippen LogP contribution in [0.2, 0.25) is 0 Å². The van der Waals surface area contributed by atoms with Crippen LogP contribution in [-0.2, 0) is 29.2 Å². The molecule has 27 heavy (non-hydrogen) atoms. The van der Waals surface area contributed by atoms with E-state index in [1.807, 2.05) is 0 Å². The van der Waals surface area contributed by atoms with Gasteiger partial charge in [-0.2, -0.15) is 13.2 Å². The third-order valence-electron chi connectivity index (χ3n) is 4.28. The molecular weight excluding hydrogens is 385 g/mol. The van der Waals surface area contributed by atoms with Gasteiger partial charge in [-0.05, 0) is 36.2 Å². The summed E-state index contributed by atoms with van der Waals surface area (Å²) in [4.78, 5) is 24.2. The van der Waals surface area contributed by atoms with Gasteiger partial charge in [-0.1, -0.05) is 0 Å². The molecule has 0 atom stereocenters. The molecule has 1 aliphatic rings. The molecule has 0 saturated carbocycles. The average molecular weight is 400 g/mol. The van der Waals surface area contributed by atoms with Gasteiger partial charge < -0.3 is 4.57 Å². The van der Waals surface area contributed by atoms with Gasteiger partial charge in [-0.3, -0.25) is 13.9 Å². The summed E-state index contributed by atoms with van der Waals surface area (Å²) in [6.07, 6.45) is -2.51. The van der Waals surface area contributed by atoms with Gasteiger partial charge >= 0.3 is 6.18 Å². The van der Waals surface area contributed by atoms with E-state index >= 15 is 0 Å². The van der Waals surface area contributed by atoms with Gasteiger partial charge in [0.1, 0.15) is 0 Å². The lowest BCUT2D eigenvalue weighted by Gasteiger charge is -2.16. The molecule has 1 aromatic carbocycles. The van der Waals surface area contributed by atoms with Crippen LogP contribution < -0.4 is 9.86 Å². The molecule has 0 bridgehead atoms. The monoisotopic (exact) mass is 400 g/mol. The molecule has 0 radical (unpaired) electrons. The first-order valence-corrected chi connectivity index (χ1v) is 9.73. The molecule has 0 aliphatic carbocycles. The molecule has 0 fully saturated rings. The number of fused-ring (bicyclic) bond motifs is 1.